The molecule has 0 aliphatic rings. The Kier molecular flexibility index (Phi) is 10.1. The van der Waals surface area contributed by atoms with E-state index >= 15 is 0 Å². The average molecular weight is 522 g/mol. The fourth-order valence-corrected chi connectivity index (χ4v) is 3.30. The summed E-state index contributed by atoms with van der Waals surface area (Å²) in [4.78, 5) is 24.7. The van der Waals surface area contributed by atoms with Crippen molar-refractivity contribution in [3.05, 3.63) is 95.0 Å². The molecule has 0 aromatic heterocycles. The number of amides is 2. The van der Waals surface area contributed by atoms with Crippen molar-refractivity contribution in [2.45, 2.75) is 13.8 Å². The van der Waals surface area contributed by atoms with Crippen molar-refractivity contribution in [1.82, 2.24) is 5.43 Å². The molecule has 0 atom stereocenters. The highest BCUT2D eigenvalue weighted by Gasteiger charge is 2.11. The third-order valence-electron chi connectivity index (χ3n) is 4.93. The summed E-state index contributed by atoms with van der Waals surface area (Å²) < 4.78 is 16.7. The van der Waals surface area contributed by atoms with E-state index in [1.807, 2.05) is 19.9 Å². The summed E-state index contributed by atoms with van der Waals surface area (Å²) in [5, 5.41) is 7.33. The van der Waals surface area contributed by atoms with Crippen LogP contribution in [-0.4, -0.2) is 37.8 Å². The van der Waals surface area contributed by atoms with Crippen LogP contribution < -0.4 is 25.0 Å². The molecule has 2 N–H and O–H groups in total. The number of carbonyl (C=O) groups is 2. The molecule has 37 heavy (non-hydrogen) atoms. The minimum absolute atomic E-state index is 0.183. The molecule has 2 amide bonds. The lowest BCUT2D eigenvalue weighted by Gasteiger charge is -2.12. The number of carbonyl (C=O) groups excluding carboxylic acids is 2. The Morgan fingerprint density at radius 1 is 1.03 bits per heavy atom. The van der Waals surface area contributed by atoms with Crippen LogP contribution >= 0.6 is 11.6 Å². The number of hydrazone groups is 1. The average Bonchev–Trinajstić information content (AvgIpc) is 2.89. The molecule has 192 valence electrons. The first-order chi connectivity index (χ1) is 17.9. The van der Waals surface area contributed by atoms with Gasteiger partial charge in [-0.1, -0.05) is 42.5 Å². The number of ether oxygens (including phenoxy) is 3. The second kappa shape index (κ2) is 13.7. The zero-order valence-electron chi connectivity index (χ0n) is 20.6. The van der Waals surface area contributed by atoms with E-state index in [0.29, 0.717) is 52.3 Å². The van der Waals surface area contributed by atoms with Crippen molar-refractivity contribution in [1.29, 1.82) is 0 Å². The standard InChI is InChI=1S/C28H28ClN3O5/c1-4-13-36-25-12-10-21(15-26(25)35-5-2)28(34)32-30-17-20-7-6-8-23(14-20)37-18-27(33)31-22-11-9-19(3)24(29)16-22/h4,6-12,14-17H,1,5,13,18H2,2-3H3,(H,31,33)(H,32,34)/b30-17+. The lowest BCUT2D eigenvalue weighted by atomic mass is 10.2. The van der Waals surface area contributed by atoms with Gasteiger partial charge < -0.3 is 19.5 Å². The van der Waals surface area contributed by atoms with Crippen molar-refractivity contribution in [2.24, 2.45) is 5.10 Å². The molecule has 3 rings (SSSR count). The third kappa shape index (κ3) is 8.40. The van der Waals surface area contributed by atoms with Gasteiger partial charge in [0.25, 0.3) is 11.8 Å². The first-order valence-electron chi connectivity index (χ1n) is 11.5. The molecule has 0 bridgehead atoms. The van der Waals surface area contributed by atoms with Gasteiger partial charge in [0, 0.05) is 16.3 Å². The van der Waals surface area contributed by atoms with E-state index in [9.17, 15) is 9.59 Å². The molecule has 3 aromatic rings. The Hall–Kier alpha value is -4.30. The Morgan fingerprint density at radius 2 is 1.86 bits per heavy atom. The molecular weight excluding hydrogens is 494 g/mol. The topological polar surface area (TPSA) is 98.3 Å². The number of nitrogens with zero attached hydrogens (tertiary/aromatic N) is 1. The van der Waals surface area contributed by atoms with E-state index in [2.05, 4.69) is 22.4 Å². The minimum atomic E-state index is -0.409. The number of aryl methyl sites for hydroxylation is 1. The third-order valence-corrected chi connectivity index (χ3v) is 5.33. The van der Waals surface area contributed by atoms with Crippen LogP contribution in [0.15, 0.2) is 78.4 Å². The van der Waals surface area contributed by atoms with Crippen LogP contribution in [0.4, 0.5) is 5.69 Å². The molecule has 8 nitrogen and oxygen atoms in total. The zero-order valence-corrected chi connectivity index (χ0v) is 21.4. The molecule has 0 aliphatic carbocycles. The van der Waals surface area contributed by atoms with E-state index in [-0.39, 0.29) is 12.5 Å². The van der Waals surface area contributed by atoms with Crippen LogP contribution in [-0.2, 0) is 4.79 Å². The monoisotopic (exact) mass is 521 g/mol. The van der Waals surface area contributed by atoms with Gasteiger partial charge in [-0.05, 0) is 67.4 Å². The van der Waals surface area contributed by atoms with Crippen molar-refractivity contribution < 1.29 is 23.8 Å². The van der Waals surface area contributed by atoms with Crippen molar-refractivity contribution in [3.63, 3.8) is 0 Å². The molecule has 0 saturated carbocycles. The fourth-order valence-electron chi connectivity index (χ4n) is 3.12. The molecule has 3 aromatic carbocycles. The normalized spacial score (nSPS) is 10.6. The lowest BCUT2D eigenvalue weighted by Crippen LogP contribution is -2.20. The molecule has 0 heterocycles. The van der Waals surface area contributed by atoms with Gasteiger partial charge in [-0.15, -0.1) is 0 Å². The van der Waals surface area contributed by atoms with Crippen LogP contribution in [0.1, 0.15) is 28.4 Å². The van der Waals surface area contributed by atoms with E-state index < -0.39 is 5.91 Å². The summed E-state index contributed by atoms with van der Waals surface area (Å²) in [5.41, 5.74) is 5.04. The van der Waals surface area contributed by atoms with Gasteiger partial charge in [0.05, 0.1) is 12.8 Å². The first kappa shape index (κ1) is 27.3. The van der Waals surface area contributed by atoms with Crippen LogP contribution in [0.2, 0.25) is 5.02 Å². The highest BCUT2D eigenvalue weighted by Crippen LogP contribution is 2.28. The molecule has 9 heteroatoms. The van der Waals surface area contributed by atoms with E-state index in [1.54, 1.807) is 60.7 Å². The van der Waals surface area contributed by atoms with Crippen molar-refractivity contribution in [3.8, 4) is 17.2 Å². The highest BCUT2D eigenvalue weighted by molar-refractivity contribution is 6.31. The molecule has 0 aliphatic heterocycles. The number of hydrogen-bond donors (Lipinski definition) is 2. The van der Waals surface area contributed by atoms with Crippen LogP contribution in [0, 0.1) is 6.92 Å². The van der Waals surface area contributed by atoms with Crippen LogP contribution in [0.25, 0.3) is 0 Å². The largest absolute Gasteiger partial charge is 0.490 e. The van der Waals surface area contributed by atoms with E-state index in [4.69, 9.17) is 25.8 Å². The Balaban J connectivity index is 1.55. The number of hydrogen-bond acceptors (Lipinski definition) is 6. The number of anilines is 1. The lowest BCUT2D eigenvalue weighted by molar-refractivity contribution is -0.118. The van der Waals surface area contributed by atoms with Crippen LogP contribution in [0.5, 0.6) is 17.2 Å². The summed E-state index contributed by atoms with van der Waals surface area (Å²) in [5.74, 6) is 0.727. The van der Waals surface area contributed by atoms with Gasteiger partial charge in [-0.25, -0.2) is 5.43 Å². The van der Waals surface area contributed by atoms with Crippen molar-refractivity contribution in [2.75, 3.05) is 25.1 Å². The Labute approximate surface area is 220 Å². The Bertz CT molecular complexity index is 1290. The predicted molar refractivity (Wildman–Crippen MR) is 145 cm³/mol. The highest BCUT2D eigenvalue weighted by atomic mass is 35.5. The summed E-state index contributed by atoms with van der Waals surface area (Å²) in [6.07, 6.45) is 3.10. The van der Waals surface area contributed by atoms with Gasteiger partial charge in [0.2, 0.25) is 0 Å². The number of benzene rings is 3. The molecule has 0 spiro atoms. The number of halogens is 1. The molecule has 0 saturated heterocycles. The van der Waals surface area contributed by atoms with E-state index in [0.717, 1.165) is 5.56 Å². The van der Waals surface area contributed by atoms with Crippen LogP contribution in [0.3, 0.4) is 0 Å². The molecule has 0 fully saturated rings. The maximum absolute atomic E-state index is 12.5. The predicted octanol–water partition coefficient (Wildman–Crippen LogP) is 5.39. The summed E-state index contributed by atoms with van der Waals surface area (Å²) in [7, 11) is 0. The summed E-state index contributed by atoms with van der Waals surface area (Å²) >= 11 is 6.09. The zero-order chi connectivity index (χ0) is 26.6. The van der Waals surface area contributed by atoms with Gasteiger partial charge in [-0.2, -0.15) is 5.10 Å². The maximum atomic E-state index is 12.5. The minimum Gasteiger partial charge on any atom is -0.490 e. The number of nitrogens with one attached hydrogen (secondary N) is 2. The SMILES string of the molecule is C=CCOc1ccc(C(=O)N/N=C/c2cccc(OCC(=O)Nc3ccc(C)c(Cl)c3)c2)cc1OCC. The first-order valence-corrected chi connectivity index (χ1v) is 11.9. The molecular formula is C28H28ClN3O5. The second-order valence-corrected chi connectivity index (χ2v) is 8.17. The number of rotatable bonds is 12. The van der Waals surface area contributed by atoms with Crippen molar-refractivity contribution >= 4 is 35.3 Å². The summed E-state index contributed by atoms with van der Waals surface area (Å²) in [6.45, 7) is 7.92. The van der Waals surface area contributed by atoms with Gasteiger partial charge in [0.15, 0.2) is 18.1 Å². The quantitative estimate of drug-likeness (QED) is 0.189. The smallest absolute Gasteiger partial charge is 0.271 e. The van der Waals surface area contributed by atoms with Gasteiger partial charge in [-0.3, -0.25) is 9.59 Å². The molecule has 0 unspecified atom stereocenters. The second-order valence-electron chi connectivity index (χ2n) is 7.77. The van der Waals surface area contributed by atoms with Gasteiger partial charge in [0.1, 0.15) is 12.4 Å². The fraction of sp³-hybridized carbons (Fsp3) is 0.179. The maximum Gasteiger partial charge on any atom is 0.271 e. The Morgan fingerprint density at radius 3 is 2.62 bits per heavy atom. The van der Waals surface area contributed by atoms with Gasteiger partial charge >= 0.3 is 0 Å². The van der Waals surface area contributed by atoms with E-state index in [1.165, 1.54) is 6.21 Å². The molecule has 0 radical (unpaired) electrons. The summed E-state index contributed by atoms with van der Waals surface area (Å²) in [6, 6.07) is 17.1.